The van der Waals surface area contributed by atoms with Crippen molar-refractivity contribution in [2.45, 2.75) is 9.67 Å². The van der Waals surface area contributed by atoms with Crippen LogP contribution >= 0.6 is 58.0 Å². The lowest BCUT2D eigenvalue weighted by molar-refractivity contribution is 0.936. The van der Waals surface area contributed by atoms with E-state index in [1.165, 1.54) is 6.07 Å². The molecule has 1 aromatic heterocycles. The fourth-order valence-corrected chi connectivity index (χ4v) is 1.26. The summed E-state index contributed by atoms with van der Waals surface area (Å²) in [6.07, 6.45) is 0. The summed E-state index contributed by atoms with van der Waals surface area (Å²) in [6, 6.07) is 1.51. The monoisotopic (exact) mass is 278 g/mol. The molecular weight excluding hydrogens is 277 g/mol. The molecule has 13 heavy (non-hydrogen) atoms. The number of rotatable bonds is 1. The highest BCUT2D eigenvalue weighted by molar-refractivity contribution is 6.66. The molecule has 2 nitrogen and oxygen atoms in total. The van der Waals surface area contributed by atoms with Crippen LogP contribution in [0.1, 0.15) is 11.5 Å². The van der Waals surface area contributed by atoms with Crippen LogP contribution in [0.5, 0.6) is 0 Å². The molecule has 0 spiro atoms. The minimum atomic E-state index is -1.67. The Kier molecular flexibility index (Phi) is 3.90. The molecule has 0 atom stereocenters. The van der Waals surface area contributed by atoms with Gasteiger partial charge < -0.3 is 0 Å². The van der Waals surface area contributed by atoms with E-state index in [-0.39, 0.29) is 16.9 Å². The first-order valence-corrected chi connectivity index (χ1v) is 5.14. The van der Waals surface area contributed by atoms with Crippen LogP contribution < -0.4 is 0 Å². The van der Waals surface area contributed by atoms with Crippen molar-refractivity contribution in [3.05, 3.63) is 22.7 Å². The SMILES string of the molecule is ClCc1cc(Cl)nc(C(Cl)(Cl)Cl)n1. The Hall–Kier alpha value is 0.530. The Balaban J connectivity index is 3.16. The Labute approximate surface area is 100 Å². The summed E-state index contributed by atoms with van der Waals surface area (Å²) in [7, 11) is 0. The molecule has 0 radical (unpaired) electrons. The Morgan fingerprint density at radius 1 is 1.23 bits per heavy atom. The molecule has 0 saturated carbocycles. The Morgan fingerprint density at radius 3 is 2.31 bits per heavy atom. The number of hydrogen-bond acceptors (Lipinski definition) is 2. The third kappa shape index (κ3) is 3.30. The third-order valence-corrected chi connectivity index (χ3v) is 2.11. The van der Waals surface area contributed by atoms with Crippen molar-refractivity contribution in [1.29, 1.82) is 0 Å². The summed E-state index contributed by atoms with van der Waals surface area (Å²) < 4.78 is -1.67. The molecule has 0 N–H and O–H groups in total. The van der Waals surface area contributed by atoms with Crippen LogP contribution in [0.3, 0.4) is 0 Å². The van der Waals surface area contributed by atoms with Gasteiger partial charge in [0.25, 0.3) is 0 Å². The highest BCUT2D eigenvalue weighted by atomic mass is 35.6. The highest BCUT2D eigenvalue weighted by Crippen LogP contribution is 2.36. The first kappa shape index (κ1) is 11.6. The molecular formula is C6H3Cl5N2. The zero-order valence-corrected chi connectivity index (χ0v) is 9.85. The largest absolute Gasteiger partial charge is 0.250 e. The second-order valence-corrected chi connectivity index (χ2v) is 5.07. The lowest BCUT2D eigenvalue weighted by atomic mass is 10.4. The first-order chi connectivity index (χ1) is 5.93. The molecule has 0 aromatic carbocycles. The second-order valence-electron chi connectivity index (χ2n) is 2.14. The molecule has 0 aliphatic heterocycles. The molecule has 0 saturated heterocycles. The van der Waals surface area contributed by atoms with Crippen molar-refractivity contribution in [2.24, 2.45) is 0 Å². The van der Waals surface area contributed by atoms with Gasteiger partial charge in [-0.05, 0) is 6.07 Å². The molecule has 1 heterocycles. The Morgan fingerprint density at radius 2 is 1.85 bits per heavy atom. The van der Waals surface area contributed by atoms with E-state index in [0.29, 0.717) is 5.69 Å². The van der Waals surface area contributed by atoms with Crippen LogP contribution in [0, 0.1) is 0 Å². The summed E-state index contributed by atoms with van der Waals surface area (Å²) >= 11 is 27.9. The predicted octanol–water partition coefficient (Wildman–Crippen LogP) is 3.70. The van der Waals surface area contributed by atoms with E-state index >= 15 is 0 Å². The fraction of sp³-hybridized carbons (Fsp3) is 0.333. The van der Waals surface area contributed by atoms with Crippen LogP contribution in [-0.2, 0) is 9.67 Å². The van der Waals surface area contributed by atoms with Crippen molar-refractivity contribution in [3.8, 4) is 0 Å². The third-order valence-electron chi connectivity index (χ3n) is 1.14. The maximum atomic E-state index is 5.65. The number of halogens is 5. The molecule has 72 valence electrons. The molecule has 0 aliphatic carbocycles. The summed E-state index contributed by atoms with van der Waals surface area (Å²) in [5.41, 5.74) is 0.517. The molecule has 1 aromatic rings. The van der Waals surface area contributed by atoms with Crippen molar-refractivity contribution in [2.75, 3.05) is 0 Å². The normalized spacial score (nSPS) is 11.8. The molecule has 7 heteroatoms. The van der Waals surface area contributed by atoms with E-state index in [1.54, 1.807) is 0 Å². The van der Waals surface area contributed by atoms with Gasteiger partial charge in [-0.3, -0.25) is 0 Å². The van der Waals surface area contributed by atoms with Crippen molar-refractivity contribution >= 4 is 58.0 Å². The number of aromatic nitrogens is 2. The quantitative estimate of drug-likeness (QED) is 0.579. The van der Waals surface area contributed by atoms with Crippen LogP contribution in [-0.4, -0.2) is 9.97 Å². The van der Waals surface area contributed by atoms with E-state index < -0.39 is 3.79 Å². The molecule has 0 fully saturated rings. The van der Waals surface area contributed by atoms with Crippen LogP contribution in [0.2, 0.25) is 5.15 Å². The van der Waals surface area contributed by atoms with E-state index in [4.69, 9.17) is 58.0 Å². The zero-order chi connectivity index (χ0) is 10.1. The van der Waals surface area contributed by atoms with Crippen LogP contribution in [0.4, 0.5) is 0 Å². The van der Waals surface area contributed by atoms with Gasteiger partial charge in [0, 0.05) is 0 Å². The van der Waals surface area contributed by atoms with Gasteiger partial charge in [-0.1, -0.05) is 46.4 Å². The minimum Gasteiger partial charge on any atom is -0.232 e. The summed E-state index contributed by atoms with van der Waals surface area (Å²) in [6.45, 7) is 0. The summed E-state index contributed by atoms with van der Waals surface area (Å²) in [5.74, 6) is 0.219. The summed E-state index contributed by atoms with van der Waals surface area (Å²) in [5, 5.41) is 0.201. The van der Waals surface area contributed by atoms with E-state index in [0.717, 1.165) is 0 Å². The smallest absolute Gasteiger partial charge is 0.232 e. The van der Waals surface area contributed by atoms with Crippen LogP contribution in [0.15, 0.2) is 6.07 Å². The maximum absolute atomic E-state index is 5.65. The molecule has 1 rings (SSSR count). The zero-order valence-electron chi connectivity index (χ0n) is 6.07. The predicted molar refractivity (Wildman–Crippen MR) is 55.8 cm³/mol. The minimum absolute atomic E-state index is 0.0284. The van der Waals surface area contributed by atoms with Gasteiger partial charge in [0.05, 0.1) is 11.6 Å². The summed E-state index contributed by atoms with van der Waals surface area (Å²) in [4.78, 5) is 7.65. The fourth-order valence-electron chi connectivity index (χ4n) is 0.659. The average Bonchev–Trinajstić information content (AvgIpc) is 2.01. The number of alkyl halides is 4. The standard InChI is InChI=1S/C6H3Cl5N2/c7-2-3-1-4(8)13-5(12-3)6(9,10)11/h1H,2H2. The van der Waals surface area contributed by atoms with Gasteiger partial charge in [0.2, 0.25) is 3.79 Å². The van der Waals surface area contributed by atoms with Crippen LogP contribution in [0.25, 0.3) is 0 Å². The lowest BCUT2D eigenvalue weighted by Gasteiger charge is -2.09. The first-order valence-electron chi connectivity index (χ1n) is 3.10. The van der Waals surface area contributed by atoms with Gasteiger partial charge in [0.15, 0.2) is 5.82 Å². The maximum Gasteiger partial charge on any atom is 0.250 e. The Bertz CT molecular complexity index is 308. The number of hydrogen-bond donors (Lipinski definition) is 0. The molecule has 0 amide bonds. The van der Waals surface area contributed by atoms with Crippen molar-refractivity contribution in [3.63, 3.8) is 0 Å². The molecule has 0 aliphatic rings. The molecule has 0 bridgehead atoms. The highest BCUT2D eigenvalue weighted by Gasteiger charge is 2.27. The molecule has 0 unspecified atom stereocenters. The second kappa shape index (κ2) is 4.37. The van der Waals surface area contributed by atoms with E-state index in [2.05, 4.69) is 9.97 Å². The van der Waals surface area contributed by atoms with Gasteiger partial charge in [-0.2, -0.15) is 0 Å². The van der Waals surface area contributed by atoms with E-state index in [9.17, 15) is 0 Å². The average molecular weight is 280 g/mol. The van der Waals surface area contributed by atoms with Gasteiger partial charge in [0.1, 0.15) is 5.15 Å². The van der Waals surface area contributed by atoms with Gasteiger partial charge in [-0.15, -0.1) is 11.6 Å². The van der Waals surface area contributed by atoms with E-state index in [1.807, 2.05) is 0 Å². The number of nitrogens with zero attached hydrogens (tertiary/aromatic N) is 2. The van der Waals surface area contributed by atoms with Crippen molar-refractivity contribution in [1.82, 2.24) is 9.97 Å². The van der Waals surface area contributed by atoms with Crippen molar-refractivity contribution < 1.29 is 0 Å². The topological polar surface area (TPSA) is 25.8 Å². The van der Waals surface area contributed by atoms with Gasteiger partial charge in [-0.25, -0.2) is 9.97 Å². The van der Waals surface area contributed by atoms with Gasteiger partial charge >= 0.3 is 0 Å². The lowest BCUT2D eigenvalue weighted by Crippen LogP contribution is -2.08.